The molecule has 0 aromatic heterocycles. The third-order valence-electron chi connectivity index (χ3n) is 2.64. The molecule has 1 unspecified atom stereocenters. The summed E-state index contributed by atoms with van der Waals surface area (Å²) in [6.45, 7) is 0. The van der Waals surface area contributed by atoms with Crippen LogP contribution in [0.2, 0.25) is 0 Å². The maximum absolute atomic E-state index is 13.4. The number of benzene rings is 2. The highest BCUT2D eigenvalue weighted by Gasteiger charge is 2.13. The minimum absolute atomic E-state index is 0.0322. The van der Waals surface area contributed by atoms with Crippen LogP contribution in [0.5, 0.6) is 0 Å². The predicted molar refractivity (Wildman–Crippen MR) is 61.4 cm³/mol. The highest BCUT2D eigenvalue weighted by atomic mass is 19.1. The monoisotopic (exact) mass is 252 g/mol. The molecule has 2 aromatic rings. The fraction of sp³-hybridized carbons (Fsp3) is 0.143. The number of hydrogen-bond acceptors (Lipinski definition) is 1. The Labute approximate surface area is 103 Å². The molecule has 1 nitrogen and oxygen atoms in total. The first-order valence-electron chi connectivity index (χ1n) is 5.44. The van der Waals surface area contributed by atoms with Gasteiger partial charge in [0.2, 0.25) is 0 Å². The Balaban J connectivity index is 2.22. The molecule has 0 saturated heterocycles. The summed E-state index contributed by atoms with van der Waals surface area (Å²) in [6, 6.07) is 8.76. The van der Waals surface area contributed by atoms with Crippen molar-refractivity contribution in [2.24, 2.45) is 0 Å². The van der Waals surface area contributed by atoms with Gasteiger partial charge in [0.15, 0.2) is 0 Å². The van der Waals surface area contributed by atoms with Crippen molar-refractivity contribution in [2.75, 3.05) is 0 Å². The van der Waals surface area contributed by atoms with E-state index in [-0.39, 0.29) is 12.0 Å². The van der Waals surface area contributed by atoms with E-state index in [2.05, 4.69) is 0 Å². The Bertz CT molecular complexity index is 534. The van der Waals surface area contributed by atoms with Gasteiger partial charge in [-0.2, -0.15) is 0 Å². The van der Waals surface area contributed by atoms with Crippen LogP contribution in [0.15, 0.2) is 42.5 Å². The van der Waals surface area contributed by atoms with Gasteiger partial charge >= 0.3 is 0 Å². The first-order valence-corrected chi connectivity index (χ1v) is 5.44. The Hall–Kier alpha value is -1.81. The molecule has 0 radical (unpaired) electrons. The third-order valence-corrected chi connectivity index (χ3v) is 2.64. The summed E-state index contributed by atoms with van der Waals surface area (Å²) < 4.78 is 39.3. The van der Waals surface area contributed by atoms with Gasteiger partial charge in [0.05, 0.1) is 6.10 Å². The molecule has 94 valence electrons. The molecule has 0 bridgehead atoms. The van der Waals surface area contributed by atoms with Crippen LogP contribution in [0.1, 0.15) is 17.2 Å². The van der Waals surface area contributed by atoms with Crippen LogP contribution in [0.4, 0.5) is 13.2 Å². The summed E-state index contributed by atoms with van der Waals surface area (Å²) >= 11 is 0. The molecule has 0 aliphatic carbocycles. The summed E-state index contributed by atoms with van der Waals surface area (Å²) in [6.07, 6.45) is -1.18. The molecule has 0 aliphatic heterocycles. The second kappa shape index (κ2) is 5.23. The molecule has 0 heterocycles. The minimum Gasteiger partial charge on any atom is -0.388 e. The van der Waals surface area contributed by atoms with Gasteiger partial charge < -0.3 is 5.11 Å². The second-order valence-electron chi connectivity index (χ2n) is 4.01. The zero-order valence-corrected chi connectivity index (χ0v) is 9.41. The Kier molecular flexibility index (Phi) is 3.67. The lowest BCUT2D eigenvalue weighted by Crippen LogP contribution is -2.04. The van der Waals surface area contributed by atoms with Gasteiger partial charge in [0, 0.05) is 12.5 Å². The third kappa shape index (κ3) is 2.90. The number of aliphatic hydroxyl groups excluding tert-OH is 1. The van der Waals surface area contributed by atoms with E-state index in [9.17, 15) is 18.3 Å². The summed E-state index contributed by atoms with van der Waals surface area (Å²) in [5.41, 5.74) is 0.394. The van der Waals surface area contributed by atoms with E-state index < -0.39 is 23.6 Å². The van der Waals surface area contributed by atoms with E-state index in [1.54, 1.807) is 6.07 Å². The minimum atomic E-state index is -1.15. The number of rotatable bonds is 3. The van der Waals surface area contributed by atoms with E-state index in [1.165, 1.54) is 18.2 Å². The van der Waals surface area contributed by atoms with Gasteiger partial charge in [-0.1, -0.05) is 18.2 Å². The fourth-order valence-corrected chi connectivity index (χ4v) is 1.76. The zero-order chi connectivity index (χ0) is 13.1. The Morgan fingerprint density at radius 1 is 0.944 bits per heavy atom. The number of halogens is 3. The van der Waals surface area contributed by atoms with Crippen molar-refractivity contribution in [1.82, 2.24) is 0 Å². The van der Waals surface area contributed by atoms with Gasteiger partial charge in [0.1, 0.15) is 17.5 Å². The standard InChI is InChI=1S/C14H11F3O/c15-11-5-10(6-12(16)8-11)14(18)7-9-3-1-2-4-13(9)17/h1-6,8,14,18H,7H2. The average Bonchev–Trinajstić information content (AvgIpc) is 2.31. The van der Waals surface area contributed by atoms with Crippen LogP contribution in [0.3, 0.4) is 0 Å². The van der Waals surface area contributed by atoms with Gasteiger partial charge in [-0.15, -0.1) is 0 Å². The number of aliphatic hydroxyl groups is 1. The molecule has 0 amide bonds. The van der Waals surface area contributed by atoms with Crippen LogP contribution < -0.4 is 0 Å². The summed E-state index contributed by atoms with van der Waals surface area (Å²) in [5, 5.41) is 9.85. The molecule has 2 rings (SSSR count). The summed E-state index contributed by atoms with van der Waals surface area (Å²) in [4.78, 5) is 0. The van der Waals surface area contributed by atoms with Gasteiger partial charge in [-0.3, -0.25) is 0 Å². The van der Waals surface area contributed by atoms with Crippen molar-refractivity contribution in [3.05, 3.63) is 71.0 Å². The molecule has 0 fully saturated rings. The van der Waals surface area contributed by atoms with Crippen LogP contribution in [0, 0.1) is 17.5 Å². The SMILES string of the molecule is OC(Cc1ccccc1F)c1cc(F)cc(F)c1. The van der Waals surface area contributed by atoms with E-state index in [0.717, 1.165) is 18.2 Å². The maximum Gasteiger partial charge on any atom is 0.126 e. The van der Waals surface area contributed by atoms with Crippen molar-refractivity contribution < 1.29 is 18.3 Å². The van der Waals surface area contributed by atoms with Crippen molar-refractivity contribution in [1.29, 1.82) is 0 Å². The van der Waals surface area contributed by atoms with E-state index >= 15 is 0 Å². The molecule has 0 aliphatic rings. The Morgan fingerprint density at radius 2 is 1.56 bits per heavy atom. The molecule has 4 heteroatoms. The lowest BCUT2D eigenvalue weighted by atomic mass is 10.0. The van der Waals surface area contributed by atoms with E-state index in [1.807, 2.05) is 0 Å². The average molecular weight is 252 g/mol. The van der Waals surface area contributed by atoms with Gasteiger partial charge in [-0.25, -0.2) is 13.2 Å². The van der Waals surface area contributed by atoms with E-state index in [4.69, 9.17) is 0 Å². The molecular weight excluding hydrogens is 241 g/mol. The van der Waals surface area contributed by atoms with Crippen molar-refractivity contribution >= 4 is 0 Å². The molecule has 0 saturated carbocycles. The molecule has 0 spiro atoms. The van der Waals surface area contributed by atoms with Crippen LogP contribution >= 0.6 is 0 Å². The second-order valence-corrected chi connectivity index (χ2v) is 4.01. The van der Waals surface area contributed by atoms with Crippen molar-refractivity contribution in [3.8, 4) is 0 Å². The molecule has 2 aromatic carbocycles. The lowest BCUT2D eigenvalue weighted by molar-refractivity contribution is 0.176. The van der Waals surface area contributed by atoms with Crippen molar-refractivity contribution in [2.45, 2.75) is 12.5 Å². The maximum atomic E-state index is 13.4. The molecule has 1 N–H and O–H groups in total. The smallest absolute Gasteiger partial charge is 0.126 e. The summed E-state index contributed by atoms with van der Waals surface area (Å²) in [5.74, 6) is -1.98. The predicted octanol–water partition coefficient (Wildman–Crippen LogP) is 3.38. The van der Waals surface area contributed by atoms with E-state index in [0.29, 0.717) is 5.56 Å². The largest absolute Gasteiger partial charge is 0.388 e. The van der Waals surface area contributed by atoms with Gasteiger partial charge in [0.25, 0.3) is 0 Å². The molecule has 18 heavy (non-hydrogen) atoms. The normalized spacial score (nSPS) is 12.4. The first kappa shape index (κ1) is 12.6. The lowest BCUT2D eigenvalue weighted by Gasteiger charge is -2.12. The zero-order valence-electron chi connectivity index (χ0n) is 9.41. The quantitative estimate of drug-likeness (QED) is 0.887. The topological polar surface area (TPSA) is 20.2 Å². The van der Waals surface area contributed by atoms with Crippen LogP contribution in [-0.2, 0) is 6.42 Å². The number of hydrogen-bond donors (Lipinski definition) is 1. The van der Waals surface area contributed by atoms with Gasteiger partial charge in [-0.05, 0) is 29.3 Å². The molecular formula is C14H11F3O. The fourth-order valence-electron chi connectivity index (χ4n) is 1.76. The van der Waals surface area contributed by atoms with Crippen LogP contribution in [-0.4, -0.2) is 5.11 Å². The molecule has 1 atom stereocenters. The Morgan fingerprint density at radius 3 is 2.17 bits per heavy atom. The highest BCUT2D eigenvalue weighted by molar-refractivity contribution is 5.24. The first-order chi connectivity index (χ1) is 8.56. The highest BCUT2D eigenvalue weighted by Crippen LogP contribution is 2.21. The summed E-state index contributed by atoms with van der Waals surface area (Å²) in [7, 11) is 0. The van der Waals surface area contributed by atoms with Crippen molar-refractivity contribution in [3.63, 3.8) is 0 Å². The van der Waals surface area contributed by atoms with Crippen LogP contribution in [0.25, 0.3) is 0 Å².